The molecule has 0 aromatic carbocycles. The first-order valence-electron chi connectivity index (χ1n) is 24.7. The molecule has 6 heteroatoms. The maximum Gasteiger partial charge on any atom is 0.306 e. The highest BCUT2D eigenvalue weighted by Crippen LogP contribution is 2.11. The lowest BCUT2D eigenvalue weighted by Gasteiger charge is -2.18. The molecule has 0 aliphatic rings. The number of ether oxygens (including phenoxy) is 3. The number of esters is 3. The van der Waals surface area contributed by atoms with Crippen molar-refractivity contribution in [3.63, 3.8) is 0 Å². The Balaban J connectivity index is 4.39. The number of carbonyl (C=O) groups excluding carboxylic acids is 3. The lowest BCUT2D eigenvalue weighted by atomic mass is 10.1. The second-order valence-electron chi connectivity index (χ2n) is 15.6. The normalized spacial score (nSPS) is 13.3. The topological polar surface area (TPSA) is 78.9 Å². The van der Waals surface area contributed by atoms with Crippen LogP contribution in [-0.4, -0.2) is 37.2 Å². The Labute approximate surface area is 385 Å². The Kier molecular flexibility index (Phi) is 46.7. The molecule has 352 valence electrons. The first-order chi connectivity index (χ1) is 31.0. The molecule has 0 aliphatic heterocycles. The molecule has 0 heterocycles. The van der Waals surface area contributed by atoms with E-state index in [0.29, 0.717) is 19.3 Å². The quantitative estimate of drug-likeness (QED) is 0.0263. The van der Waals surface area contributed by atoms with Crippen molar-refractivity contribution in [2.75, 3.05) is 13.2 Å². The zero-order valence-corrected chi connectivity index (χ0v) is 40.0. The van der Waals surface area contributed by atoms with Crippen LogP contribution in [0.4, 0.5) is 0 Å². The number of allylic oxidation sites excluding steroid dienone is 22. The molecular formula is C57H88O6. The van der Waals surface area contributed by atoms with Crippen LogP contribution in [0.15, 0.2) is 134 Å². The Morgan fingerprint density at radius 3 is 1.03 bits per heavy atom. The molecule has 6 nitrogen and oxygen atoms in total. The van der Waals surface area contributed by atoms with Crippen LogP contribution in [0.1, 0.15) is 188 Å². The lowest BCUT2D eigenvalue weighted by molar-refractivity contribution is -0.166. The summed E-state index contributed by atoms with van der Waals surface area (Å²) in [5, 5.41) is 0. The predicted molar refractivity (Wildman–Crippen MR) is 269 cm³/mol. The molecule has 0 radical (unpaired) electrons. The summed E-state index contributed by atoms with van der Waals surface area (Å²) < 4.78 is 16.6. The van der Waals surface area contributed by atoms with Crippen LogP contribution in [-0.2, 0) is 28.6 Å². The molecule has 0 saturated heterocycles. The van der Waals surface area contributed by atoms with Crippen LogP contribution < -0.4 is 0 Å². The summed E-state index contributed by atoms with van der Waals surface area (Å²) in [6.45, 7) is 6.24. The third kappa shape index (κ3) is 48.4. The van der Waals surface area contributed by atoms with Crippen molar-refractivity contribution in [3.05, 3.63) is 134 Å². The minimum Gasteiger partial charge on any atom is -0.462 e. The standard InChI is InChI=1S/C57H88O6/c1-4-7-10-13-16-18-20-22-23-24-25-26-27-28-29-30-31-32-33-35-36-38-41-44-47-50-56(59)62-53-54(52-61-55(58)49-46-43-40-15-12-9-6-3)63-57(60)51-48-45-42-39-37-34-21-19-17-14-11-8-5-2/h7-8,10-11,16-19,22-23,25-26,28-29,31-32,34-37,42,45,54H,4-6,9,12-15,20-21,24,27,30,33,38-41,43-44,46-53H2,1-3H3/b10-7-,11-8-,18-16-,19-17-,23-22-,26-25-,29-28-,32-31-,36-35-,37-34-,45-42-. The van der Waals surface area contributed by atoms with E-state index in [1.54, 1.807) is 0 Å². The molecule has 0 aromatic rings. The van der Waals surface area contributed by atoms with Crippen molar-refractivity contribution < 1.29 is 28.6 Å². The second-order valence-corrected chi connectivity index (χ2v) is 15.6. The van der Waals surface area contributed by atoms with Gasteiger partial charge in [-0.15, -0.1) is 0 Å². The van der Waals surface area contributed by atoms with Crippen LogP contribution in [0.5, 0.6) is 0 Å². The van der Waals surface area contributed by atoms with Crippen LogP contribution in [0.3, 0.4) is 0 Å². The van der Waals surface area contributed by atoms with E-state index in [2.05, 4.69) is 142 Å². The van der Waals surface area contributed by atoms with Crippen molar-refractivity contribution in [1.29, 1.82) is 0 Å². The zero-order valence-electron chi connectivity index (χ0n) is 40.0. The van der Waals surface area contributed by atoms with E-state index in [1.807, 2.05) is 12.2 Å². The Bertz CT molecular complexity index is 1420. The number of unbranched alkanes of at least 4 members (excludes halogenated alkanes) is 9. The van der Waals surface area contributed by atoms with Crippen LogP contribution in [0.25, 0.3) is 0 Å². The number of rotatable bonds is 42. The van der Waals surface area contributed by atoms with Crippen LogP contribution >= 0.6 is 0 Å². The predicted octanol–water partition coefficient (Wildman–Crippen LogP) is 16.3. The van der Waals surface area contributed by atoms with Crippen molar-refractivity contribution >= 4 is 17.9 Å². The summed E-state index contributed by atoms with van der Waals surface area (Å²) in [7, 11) is 0. The third-order valence-corrected chi connectivity index (χ3v) is 9.66. The van der Waals surface area contributed by atoms with E-state index >= 15 is 0 Å². The largest absolute Gasteiger partial charge is 0.462 e. The van der Waals surface area contributed by atoms with Crippen molar-refractivity contribution in [2.24, 2.45) is 0 Å². The van der Waals surface area contributed by atoms with Crippen LogP contribution in [0.2, 0.25) is 0 Å². The smallest absolute Gasteiger partial charge is 0.306 e. The van der Waals surface area contributed by atoms with Gasteiger partial charge in [-0.1, -0.05) is 199 Å². The van der Waals surface area contributed by atoms with Gasteiger partial charge in [0.05, 0.1) is 0 Å². The second kappa shape index (κ2) is 50.2. The van der Waals surface area contributed by atoms with E-state index in [9.17, 15) is 14.4 Å². The van der Waals surface area contributed by atoms with Gasteiger partial charge in [-0.3, -0.25) is 14.4 Å². The lowest BCUT2D eigenvalue weighted by Crippen LogP contribution is -2.30. The van der Waals surface area contributed by atoms with Gasteiger partial charge in [0, 0.05) is 19.3 Å². The zero-order chi connectivity index (χ0) is 45.8. The van der Waals surface area contributed by atoms with E-state index in [1.165, 1.54) is 25.7 Å². The molecule has 1 unspecified atom stereocenters. The summed E-state index contributed by atoms with van der Waals surface area (Å²) in [5.74, 6) is -1.06. The number of hydrogen-bond acceptors (Lipinski definition) is 6. The van der Waals surface area contributed by atoms with Crippen LogP contribution in [0, 0.1) is 0 Å². The molecule has 0 aromatic heterocycles. The number of hydrogen-bond donors (Lipinski definition) is 0. The van der Waals surface area contributed by atoms with E-state index in [0.717, 1.165) is 116 Å². The maximum absolute atomic E-state index is 12.7. The highest BCUT2D eigenvalue weighted by Gasteiger charge is 2.19. The van der Waals surface area contributed by atoms with Gasteiger partial charge in [-0.25, -0.2) is 0 Å². The van der Waals surface area contributed by atoms with Gasteiger partial charge >= 0.3 is 17.9 Å². The van der Waals surface area contributed by atoms with Crippen molar-refractivity contribution in [2.45, 2.75) is 194 Å². The van der Waals surface area contributed by atoms with E-state index < -0.39 is 12.1 Å². The summed E-state index contributed by atoms with van der Waals surface area (Å²) in [6, 6.07) is 0. The first kappa shape index (κ1) is 58.6. The SMILES string of the molecule is CC/C=C\C/C=C\C/C=C\C/C=C\C/C=C\C/C=C\C/C=C\CCCCCC(=O)OCC(COC(=O)CCCCCCCCC)OC(=O)CC/C=C\C/C=C\C/C=C\C/C=C\CC. The molecule has 1 atom stereocenters. The molecule has 0 bridgehead atoms. The Hall–Kier alpha value is -4.45. The average molecular weight is 869 g/mol. The highest BCUT2D eigenvalue weighted by molar-refractivity contribution is 5.71. The Morgan fingerprint density at radius 2 is 0.651 bits per heavy atom. The summed E-state index contributed by atoms with van der Waals surface area (Å²) in [4.78, 5) is 37.7. The fourth-order valence-corrected chi connectivity index (χ4v) is 6.02. The van der Waals surface area contributed by atoms with E-state index in [4.69, 9.17) is 14.2 Å². The molecule has 0 amide bonds. The van der Waals surface area contributed by atoms with Gasteiger partial charge in [0.2, 0.25) is 0 Å². The average Bonchev–Trinajstić information content (AvgIpc) is 3.28. The van der Waals surface area contributed by atoms with Gasteiger partial charge in [-0.05, 0) is 103 Å². The van der Waals surface area contributed by atoms with Crippen molar-refractivity contribution in [3.8, 4) is 0 Å². The highest BCUT2D eigenvalue weighted by atomic mass is 16.6. The molecule has 0 rings (SSSR count). The fraction of sp³-hybridized carbons (Fsp3) is 0.561. The molecule has 63 heavy (non-hydrogen) atoms. The van der Waals surface area contributed by atoms with E-state index in [-0.39, 0.29) is 31.6 Å². The summed E-state index contributed by atoms with van der Waals surface area (Å²) in [5.41, 5.74) is 0. The Morgan fingerprint density at radius 1 is 0.333 bits per heavy atom. The third-order valence-electron chi connectivity index (χ3n) is 9.66. The minimum absolute atomic E-state index is 0.122. The number of carbonyl (C=O) groups is 3. The molecule has 0 aliphatic carbocycles. The molecule has 0 saturated carbocycles. The monoisotopic (exact) mass is 869 g/mol. The first-order valence-corrected chi connectivity index (χ1v) is 24.7. The van der Waals surface area contributed by atoms with Gasteiger partial charge in [0.15, 0.2) is 6.10 Å². The molecule has 0 spiro atoms. The van der Waals surface area contributed by atoms with Gasteiger partial charge < -0.3 is 14.2 Å². The molecule has 0 fully saturated rings. The minimum atomic E-state index is -0.830. The summed E-state index contributed by atoms with van der Waals surface area (Å²) >= 11 is 0. The molecule has 0 N–H and O–H groups in total. The summed E-state index contributed by atoms with van der Waals surface area (Å²) in [6.07, 6.45) is 70.4. The van der Waals surface area contributed by atoms with Gasteiger partial charge in [0.1, 0.15) is 13.2 Å². The van der Waals surface area contributed by atoms with Gasteiger partial charge in [-0.2, -0.15) is 0 Å². The van der Waals surface area contributed by atoms with Crippen molar-refractivity contribution in [1.82, 2.24) is 0 Å². The molecular weight excluding hydrogens is 781 g/mol. The fourth-order valence-electron chi connectivity index (χ4n) is 6.02. The van der Waals surface area contributed by atoms with Gasteiger partial charge in [0.25, 0.3) is 0 Å². The maximum atomic E-state index is 12.7.